The van der Waals surface area contributed by atoms with Crippen molar-refractivity contribution in [3.8, 4) is 11.1 Å². The second-order valence-corrected chi connectivity index (χ2v) is 8.61. The summed E-state index contributed by atoms with van der Waals surface area (Å²) in [7, 11) is 0. The van der Waals surface area contributed by atoms with Gasteiger partial charge in [-0.3, -0.25) is 0 Å². The SMILES string of the molecule is Clc1ccc2c(c1)oc1ccc(C3=CCCC=C3c3ccccc3-c3ccccc3)cc12. The molecular formula is C30H21ClO. The quantitative estimate of drug-likeness (QED) is 0.277. The van der Waals surface area contributed by atoms with Crippen LogP contribution in [0.1, 0.15) is 24.0 Å². The van der Waals surface area contributed by atoms with E-state index in [0.29, 0.717) is 5.02 Å². The summed E-state index contributed by atoms with van der Waals surface area (Å²) in [5.74, 6) is 0. The third-order valence-corrected chi connectivity index (χ3v) is 6.44. The number of fused-ring (bicyclic) bond motifs is 3. The number of allylic oxidation sites excluding steroid dienone is 4. The number of halogens is 1. The molecule has 32 heavy (non-hydrogen) atoms. The van der Waals surface area contributed by atoms with Crippen molar-refractivity contribution in [1.82, 2.24) is 0 Å². The molecule has 0 bridgehead atoms. The predicted molar refractivity (Wildman–Crippen MR) is 136 cm³/mol. The summed E-state index contributed by atoms with van der Waals surface area (Å²) >= 11 is 6.17. The second kappa shape index (κ2) is 7.85. The zero-order chi connectivity index (χ0) is 21.5. The van der Waals surface area contributed by atoms with E-state index < -0.39 is 0 Å². The maximum atomic E-state index is 6.17. The van der Waals surface area contributed by atoms with Crippen LogP contribution in [0, 0.1) is 0 Å². The molecule has 4 aromatic carbocycles. The van der Waals surface area contributed by atoms with Gasteiger partial charge in [0.2, 0.25) is 0 Å². The van der Waals surface area contributed by atoms with Crippen LogP contribution in [0.4, 0.5) is 0 Å². The average Bonchev–Trinajstić information content (AvgIpc) is 3.21. The summed E-state index contributed by atoms with van der Waals surface area (Å²) in [6.45, 7) is 0. The van der Waals surface area contributed by atoms with Gasteiger partial charge in [0, 0.05) is 21.9 Å². The summed E-state index contributed by atoms with van der Waals surface area (Å²) in [6.07, 6.45) is 6.86. The molecule has 0 saturated carbocycles. The van der Waals surface area contributed by atoms with E-state index in [0.717, 1.165) is 34.8 Å². The van der Waals surface area contributed by atoms with Gasteiger partial charge in [-0.05, 0) is 70.5 Å². The van der Waals surface area contributed by atoms with E-state index in [1.165, 1.54) is 33.4 Å². The lowest BCUT2D eigenvalue weighted by Gasteiger charge is -2.20. The molecule has 0 saturated heterocycles. The van der Waals surface area contributed by atoms with Gasteiger partial charge in [-0.2, -0.15) is 0 Å². The Hall–Kier alpha value is -3.55. The molecule has 1 aliphatic carbocycles. The molecule has 2 heteroatoms. The predicted octanol–water partition coefficient (Wildman–Crippen LogP) is 9.17. The van der Waals surface area contributed by atoms with E-state index in [4.69, 9.17) is 16.0 Å². The highest BCUT2D eigenvalue weighted by molar-refractivity contribution is 6.31. The Morgan fingerprint density at radius 3 is 2.16 bits per heavy atom. The van der Waals surface area contributed by atoms with Crippen molar-refractivity contribution in [2.24, 2.45) is 0 Å². The monoisotopic (exact) mass is 432 g/mol. The lowest BCUT2D eigenvalue weighted by Crippen LogP contribution is -1.97. The van der Waals surface area contributed by atoms with Gasteiger partial charge in [0.1, 0.15) is 11.2 Å². The molecular weight excluding hydrogens is 412 g/mol. The van der Waals surface area contributed by atoms with Gasteiger partial charge < -0.3 is 4.42 Å². The second-order valence-electron chi connectivity index (χ2n) is 8.18. The minimum atomic E-state index is 0.689. The molecule has 0 radical (unpaired) electrons. The van der Waals surface area contributed by atoms with Gasteiger partial charge >= 0.3 is 0 Å². The zero-order valence-electron chi connectivity index (χ0n) is 17.5. The first-order chi connectivity index (χ1) is 15.8. The highest BCUT2D eigenvalue weighted by atomic mass is 35.5. The highest BCUT2D eigenvalue weighted by Gasteiger charge is 2.18. The molecule has 0 spiro atoms. The van der Waals surface area contributed by atoms with E-state index >= 15 is 0 Å². The summed E-state index contributed by atoms with van der Waals surface area (Å²) in [6, 6.07) is 31.7. The van der Waals surface area contributed by atoms with Crippen molar-refractivity contribution in [3.05, 3.63) is 119 Å². The van der Waals surface area contributed by atoms with Gasteiger partial charge in [-0.25, -0.2) is 0 Å². The van der Waals surface area contributed by atoms with E-state index in [1.807, 2.05) is 18.2 Å². The van der Waals surface area contributed by atoms with Crippen LogP contribution in [0.2, 0.25) is 5.02 Å². The van der Waals surface area contributed by atoms with Crippen LogP contribution < -0.4 is 0 Å². The number of benzene rings is 4. The molecule has 1 nitrogen and oxygen atoms in total. The van der Waals surface area contributed by atoms with Crippen LogP contribution in [0.5, 0.6) is 0 Å². The molecule has 5 aromatic rings. The average molecular weight is 433 g/mol. The molecule has 0 unspecified atom stereocenters. The van der Waals surface area contributed by atoms with E-state index in [2.05, 4.69) is 84.9 Å². The van der Waals surface area contributed by atoms with Crippen molar-refractivity contribution in [2.45, 2.75) is 12.8 Å². The third-order valence-electron chi connectivity index (χ3n) is 6.20. The van der Waals surface area contributed by atoms with Crippen LogP contribution in [0.15, 0.2) is 108 Å². The fourth-order valence-electron chi connectivity index (χ4n) is 4.71. The molecule has 0 N–H and O–H groups in total. The molecule has 6 rings (SSSR count). The van der Waals surface area contributed by atoms with Gasteiger partial charge in [-0.1, -0.05) is 84.4 Å². The van der Waals surface area contributed by atoms with Gasteiger partial charge in [0.25, 0.3) is 0 Å². The van der Waals surface area contributed by atoms with Crippen molar-refractivity contribution in [3.63, 3.8) is 0 Å². The van der Waals surface area contributed by atoms with Gasteiger partial charge in [0.05, 0.1) is 0 Å². The minimum absolute atomic E-state index is 0.689. The summed E-state index contributed by atoms with van der Waals surface area (Å²) in [4.78, 5) is 0. The third kappa shape index (κ3) is 3.26. The summed E-state index contributed by atoms with van der Waals surface area (Å²) in [5, 5.41) is 2.91. The Balaban J connectivity index is 1.50. The minimum Gasteiger partial charge on any atom is -0.456 e. The van der Waals surface area contributed by atoms with Crippen LogP contribution in [-0.2, 0) is 0 Å². The van der Waals surface area contributed by atoms with Gasteiger partial charge in [-0.15, -0.1) is 0 Å². The fraction of sp³-hybridized carbons (Fsp3) is 0.0667. The molecule has 0 aliphatic heterocycles. The summed E-state index contributed by atoms with van der Waals surface area (Å²) in [5.41, 5.74) is 9.28. The Kier molecular flexibility index (Phi) is 4.70. The van der Waals surface area contributed by atoms with Crippen molar-refractivity contribution in [1.29, 1.82) is 0 Å². The molecule has 1 heterocycles. The van der Waals surface area contributed by atoms with Crippen molar-refractivity contribution in [2.75, 3.05) is 0 Å². The van der Waals surface area contributed by atoms with Crippen LogP contribution >= 0.6 is 11.6 Å². The maximum Gasteiger partial charge on any atom is 0.136 e. The smallest absolute Gasteiger partial charge is 0.136 e. The normalized spacial score (nSPS) is 13.9. The van der Waals surface area contributed by atoms with Crippen LogP contribution in [0.3, 0.4) is 0 Å². The highest BCUT2D eigenvalue weighted by Crippen LogP contribution is 2.41. The van der Waals surface area contributed by atoms with Crippen LogP contribution in [0.25, 0.3) is 44.2 Å². The molecule has 0 amide bonds. The Morgan fingerprint density at radius 2 is 1.31 bits per heavy atom. The summed E-state index contributed by atoms with van der Waals surface area (Å²) < 4.78 is 6.05. The zero-order valence-corrected chi connectivity index (χ0v) is 18.3. The molecule has 1 aliphatic rings. The number of hydrogen-bond donors (Lipinski definition) is 0. The Labute approximate surface area is 192 Å². The number of furan rings is 1. The van der Waals surface area contributed by atoms with E-state index in [9.17, 15) is 0 Å². The van der Waals surface area contributed by atoms with Gasteiger partial charge in [0.15, 0.2) is 0 Å². The molecule has 154 valence electrons. The standard InChI is InChI=1S/C30H21ClO/c31-22-15-16-27-28-18-21(14-17-29(28)32-30(27)19-22)24-11-5-7-13-26(24)25-12-6-4-10-23(25)20-8-2-1-3-9-20/h1-4,6,8-19H,5,7H2. The molecule has 0 atom stereocenters. The van der Waals surface area contributed by atoms with E-state index in [1.54, 1.807) is 0 Å². The topological polar surface area (TPSA) is 13.1 Å². The molecule has 1 aromatic heterocycles. The number of hydrogen-bond acceptors (Lipinski definition) is 1. The number of rotatable bonds is 3. The first-order valence-electron chi connectivity index (χ1n) is 11.0. The Bertz CT molecular complexity index is 1520. The Morgan fingerprint density at radius 1 is 0.562 bits per heavy atom. The molecule has 0 fully saturated rings. The van der Waals surface area contributed by atoms with Crippen molar-refractivity contribution >= 4 is 44.7 Å². The maximum absolute atomic E-state index is 6.17. The first kappa shape index (κ1) is 19.2. The first-order valence-corrected chi connectivity index (χ1v) is 11.3. The fourth-order valence-corrected chi connectivity index (χ4v) is 4.87. The van der Waals surface area contributed by atoms with Crippen LogP contribution in [-0.4, -0.2) is 0 Å². The van der Waals surface area contributed by atoms with Crippen molar-refractivity contribution < 1.29 is 4.42 Å². The lowest BCUT2D eigenvalue weighted by molar-refractivity contribution is 0.669. The van der Waals surface area contributed by atoms with E-state index in [-0.39, 0.29) is 0 Å². The largest absolute Gasteiger partial charge is 0.456 e. The lowest BCUT2D eigenvalue weighted by atomic mass is 9.84.